The molecular weight excluding hydrogens is 202 g/mol. The predicted molar refractivity (Wildman–Crippen MR) is 64.7 cm³/mol. The van der Waals surface area contributed by atoms with Crippen molar-refractivity contribution in [1.29, 1.82) is 0 Å². The number of hydrogen-bond acceptors (Lipinski definition) is 3. The van der Waals surface area contributed by atoms with E-state index in [1.54, 1.807) is 14.2 Å². The third-order valence-corrected chi connectivity index (χ3v) is 2.29. The minimum Gasteiger partial charge on any atom is -0.493 e. The van der Waals surface area contributed by atoms with Crippen LogP contribution in [0, 0.1) is 12.3 Å². The zero-order valence-electron chi connectivity index (χ0n) is 9.99. The van der Waals surface area contributed by atoms with Crippen LogP contribution in [0.4, 0.5) is 0 Å². The molecule has 0 fully saturated rings. The van der Waals surface area contributed by atoms with Gasteiger partial charge in [0.2, 0.25) is 0 Å². The lowest BCUT2D eigenvalue weighted by Crippen LogP contribution is -2.18. The lowest BCUT2D eigenvalue weighted by atomic mass is 10.1. The first-order valence-electron chi connectivity index (χ1n) is 5.04. The molecule has 0 bridgehead atoms. The average Bonchev–Trinajstić information content (AvgIpc) is 2.29. The Kier molecular flexibility index (Phi) is 4.68. The number of terminal acetylenes is 1. The monoisotopic (exact) mass is 219 g/mol. The van der Waals surface area contributed by atoms with Crippen LogP contribution in [-0.2, 0) is 6.54 Å². The third-order valence-electron chi connectivity index (χ3n) is 2.29. The summed E-state index contributed by atoms with van der Waals surface area (Å²) in [7, 11) is 5.24. The summed E-state index contributed by atoms with van der Waals surface area (Å²) in [6.45, 7) is 1.35. The van der Waals surface area contributed by atoms with Crippen LogP contribution >= 0.6 is 0 Å². The van der Waals surface area contributed by atoms with Crippen LogP contribution in [0.15, 0.2) is 18.2 Å². The molecule has 3 nitrogen and oxygen atoms in total. The zero-order valence-corrected chi connectivity index (χ0v) is 9.99. The molecule has 0 saturated heterocycles. The summed E-state index contributed by atoms with van der Waals surface area (Å²) in [4.78, 5) is 2.04. The van der Waals surface area contributed by atoms with Gasteiger partial charge in [0, 0.05) is 12.1 Å². The smallest absolute Gasteiger partial charge is 0.165 e. The lowest BCUT2D eigenvalue weighted by Gasteiger charge is -2.17. The molecule has 0 unspecified atom stereocenters. The highest BCUT2D eigenvalue weighted by Crippen LogP contribution is 2.31. The number of rotatable bonds is 5. The molecule has 0 radical (unpaired) electrons. The highest BCUT2D eigenvalue weighted by Gasteiger charge is 2.10. The van der Waals surface area contributed by atoms with Gasteiger partial charge in [-0.15, -0.1) is 6.42 Å². The molecule has 86 valence electrons. The second kappa shape index (κ2) is 6.04. The molecule has 0 aromatic heterocycles. The first-order chi connectivity index (χ1) is 7.72. The van der Waals surface area contributed by atoms with Gasteiger partial charge in [-0.05, 0) is 13.1 Å². The molecule has 0 aliphatic carbocycles. The SMILES string of the molecule is C#CCN(C)Cc1cccc(OC)c1OC. The van der Waals surface area contributed by atoms with Gasteiger partial charge in [-0.3, -0.25) is 4.90 Å². The molecule has 16 heavy (non-hydrogen) atoms. The summed E-state index contributed by atoms with van der Waals surface area (Å²) < 4.78 is 10.6. The van der Waals surface area contributed by atoms with Gasteiger partial charge in [-0.2, -0.15) is 0 Å². The molecule has 0 amide bonds. The van der Waals surface area contributed by atoms with E-state index in [1.807, 2.05) is 30.1 Å². The molecule has 1 aromatic carbocycles. The number of benzene rings is 1. The van der Waals surface area contributed by atoms with E-state index in [4.69, 9.17) is 15.9 Å². The third kappa shape index (κ3) is 2.91. The van der Waals surface area contributed by atoms with Crippen LogP contribution in [0.2, 0.25) is 0 Å². The topological polar surface area (TPSA) is 21.7 Å². The summed E-state index contributed by atoms with van der Waals surface area (Å²) >= 11 is 0. The maximum Gasteiger partial charge on any atom is 0.165 e. The Labute approximate surface area is 97.0 Å². The van der Waals surface area contributed by atoms with Crippen LogP contribution in [0.25, 0.3) is 0 Å². The predicted octanol–water partition coefficient (Wildman–Crippen LogP) is 1.77. The maximum atomic E-state index is 5.34. The first-order valence-corrected chi connectivity index (χ1v) is 5.04. The fourth-order valence-electron chi connectivity index (χ4n) is 1.58. The summed E-state index contributed by atoms with van der Waals surface area (Å²) in [6, 6.07) is 5.83. The Morgan fingerprint density at radius 2 is 2.06 bits per heavy atom. The van der Waals surface area contributed by atoms with E-state index < -0.39 is 0 Å². The van der Waals surface area contributed by atoms with Crippen molar-refractivity contribution in [3.8, 4) is 23.8 Å². The van der Waals surface area contributed by atoms with Crippen LogP contribution < -0.4 is 9.47 Å². The molecule has 0 N–H and O–H groups in total. The highest BCUT2D eigenvalue weighted by atomic mass is 16.5. The molecule has 1 rings (SSSR count). The Morgan fingerprint density at radius 1 is 1.31 bits per heavy atom. The second-order valence-corrected chi connectivity index (χ2v) is 3.53. The lowest BCUT2D eigenvalue weighted by molar-refractivity contribution is 0.330. The molecule has 0 saturated carbocycles. The summed E-state index contributed by atoms with van der Waals surface area (Å²) in [5.41, 5.74) is 1.07. The van der Waals surface area contributed by atoms with Crippen LogP contribution in [0.3, 0.4) is 0 Å². The fourth-order valence-corrected chi connectivity index (χ4v) is 1.58. The number of para-hydroxylation sites is 1. The number of hydrogen-bond donors (Lipinski definition) is 0. The minimum atomic E-state index is 0.611. The first kappa shape index (κ1) is 12.4. The van der Waals surface area contributed by atoms with E-state index in [0.29, 0.717) is 6.54 Å². The Morgan fingerprint density at radius 3 is 2.62 bits per heavy atom. The Bertz CT molecular complexity index is 382. The van der Waals surface area contributed by atoms with Gasteiger partial charge in [0.1, 0.15) is 0 Å². The van der Waals surface area contributed by atoms with Crippen molar-refractivity contribution in [1.82, 2.24) is 4.90 Å². The average molecular weight is 219 g/mol. The van der Waals surface area contributed by atoms with Gasteiger partial charge in [-0.25, -0.2) is 0 Å². The second-order valence-electron chi connectivity index (χ2n) is 3.53. The van der Waals surface area contributed by atoms with E-state index in [1.165, 1.54) is 0 Å². The summed E-state index contributed by atoms with van der Waals surface area (Å²) in [6.07, 6.45) is 5.26. The van der Waals surface area contributed by atoms with E-state index in [9.17, 15) is 0 Å². The molecular formula is C13H17NO2. The Balaban J connectivity index is 2.91. The molecule has 1 aromatic rings. The van der Waals surface area contributed by atoms with Crippen molar-refractivity contribution in [2.24, 2.45) is 0 Å². The van der Waals surface area contributed by atoms with Crippen LogP contribution in [0.5, 0.6) is 11.5 Å². The van der Waals surface area contributed by atoms with Crippen molar-refractivity contribution in [2.45, 2.75) is 6.54 Å². The Hall–Kier alpha value is -1.66. The van der Waals surface area contributed by atoms with Crippen molar-refractivity contribution in [3.63, 3.8) is 0 Å². The van der Waals surface area contributed by atoms with Gasteiger partial charge in [-0.1, -0.05) is 18.1 Å². The van der Waals surface area contributed by atoms with Crippen molar-refractivity contribution < 1.29 is 9.47 Å². The number of methoxy groups -OCH3 is 2. The van der Waals surface area contributed by atoms with E-state index in [2.05, 4.69) is 5.92 Å². The standard InChI is InChI=1S/C13H17NO2/c1-5-9-14(2)10-11-7-6-8-12(15-3)13(11)16-4/h1,6-8H,9-10H2,2-4H3. The van der Waals surface area contributed by atoms with Crippen LogP contribution in [0.1, 0.15) is 5.56 Å². The zero-order chi connectivity index (χ0) is 12.0. The number of nitrogens with zero attached hydrogens (tertiary/aromatic N) is 1. The molecule has 0 aliphatic rings. The molecule has 0 heterocycles. The van der Waals surface area contributed by atoms with Gasteiger partial charge in [0.25, 0.3) is 0 Å². The molecule has 0 aliphatic heterocycles. The molecule has 3 heteroatoms. The van der Waals surface area contributed by atoms with Gasteiger partial charge < -0.3 is 9.47 Å². The summed E-state index contributed by atoms with van der Waals surface area (Å²) in [5, 5.41) is 0. The van der Waals surface area contributed by atoms with Crippen LogP contribution in [-0.4, -0.2) is 32.7 Å². The van der Waals surface area contributed by atoms with Crippen molar-refractivity contribution in [3.05, 3.63) is 23.8 Å². The summed E-state index contributed by atoms with van der Waals surface area (Å²) in [5.74, 6) is 4.12. The van der Waals surface area contributed by atoms with Crippen molar-refractivity contribution in [2.75, 3.05) is 27.8 Å². The molecule has 0 spiro atoms. The van der Waals surface area contributed by atoms with Gasteiger partial charge in [0.15, 0.2) is 11.5 Å². The number of ether oxygens (including phenoxy) is 2. The normalized spacial score (nSPS) is 9.94. The molecule has 0 atom stereocenters. The van der Waals surface area contributed by atoms with Gasteiger partial charge in [0.05, 0.1) is 20.8 Å². The minimum absolute atomic E-state index is 0.611. The van der Waals surface area contributed by atoms with E-state index in [-0.39, 0.29) is 0 Å². The van der Waals surface area contributed by atoms with E-state index >= 15 is 0 Å². The maximum absolute atomic E-state index is 5.34. The quantitative estimate of drug-likeness (QED) is 0.704. The van der Waals surface area contributed by atoms with Gasteiger partial charge >= 0.3 is 0 Å². The van der Waals surface area contributed by atoms with E-state index in [0.717, 1.165) is 23.6 Å². The largest absolute Gasteiger partial charge is 0.493 e. The fraction of sp³-hybridized carbons (Fsp3) is 0.385. The highest BCUT2D eigenvalue weighted by molar-refractivity contribution is 5.46. The van der Waals surface area contributed by atoms with Crippen molar-refractivity contribution >= 4 is 0 Å².